The Hall–Kier alpha value is -1.68. The molecule has 0 amide bonds. The van der Waals surface area contributed by atoms with Crippen LogP contribution in [0.25, 0.3) is 10.1 Å². The summed E-state index contributed by atoms with van der Waals surface area (Å²) in [6.45, 7) is 8.98. The average Bonchev–Trinajstić information content (AvgIpc) is 2.89. The van der Waals surface area contributed by atoms with E-state index in [1.54, 1.807) is 0 Å². The fourth-order valence-corrected chi connectivity index (χ4v) is 5.11. The third-order valence-corrected chi connectivity index (χ3v) is 6.54. The van der Waals surface area contributed by atoms with E-state index in [0.717, 1.165) is 26.2 Å². The summed E-state index contributed by atoms with van der Waals surface area (Å²) in [4.78, 5) is 4.13. The van der Waals surface area contributed by atoms with Crippen LogP contribution in [0.4, 0.5) is 0 Å². The zero-order chi connectivity index (χ0) is 17.9. The number of thiophene rings is 1. The van der Waals surface area contributed by atoms with Crippen LogP contribution in [0.1, 0.15) is 48.2 Å². The first kappa shape index (κ1) is 17.7. The van der Waals surface area contributed by atoms with Gasteiger partial charge in [-0.3, -0.25) is 4.90 Å². The Labute approximate surface area is 160 Å². The van der Waals surface area contributed by atoms with Gasteiger partial charge in [0.2, 0.25) is 0 Å². The van der Waals surface area contributed by atoms with Crippen LogP contribution in [0.5, 0.6) is 0 Å². The van der Waals surface area contributed by atoms with Crippen molar-refractivity contribution < 1.29 is 0 Å². The zero-order valence-corrected chi connectivity index (χ0v) is 16.6. The van der Waals surface area contributed by atoms with E-state index in [9.17, 15) is 0 Å². The molecule has 0 aliphatic carbocycles. The number of nitrogens with zero attached hydrogens (tertiary/aromatic N) is 1. The molecule has 2 aromatic carbocycles. The molecule has 2 nitrogen and oxygen atoms in total. The number of hydrogen-bond donors (Lipinski definition) is 1. The van der Waals surface area contributed by atoms with Crippen molar-refractivity contribution in [3.05, 3.63) is 70.6 Å². The molecule has 0 bridgehead atoms. The Morgan fingerprint density at radius 1 is 0.923 bits per heavy atom. The highest BCUT2D eigenvalue weighted by atomic mass is 32.1. The van der Waals surface area contributed by atoms with Gasteiger partial charge in [-0.15, -0.1) is 11.3 Å². The van der Waals surface area contributed by atoms with E-state index < -0.39 is 0 Å². The van der Waals surface area contributed by atoms with Crippen molar-refractivity contribution >= 4 is 21.4 Å². The number of fused-ring (bicyclic) bond motifs is 1. The maximum Gasteiger partial charge on any atom is 0.0696 e. The van der Waals surface area contributed by atoms with Gasteiger partial charge >= 0.3 is 0 Å². The molecule has 0 saturated carbocycles. The SMILES string of the molecule is CC(C)c1ccc(C(c2cc3ccccc3s2)N2CCCNCC2)cc1. The molecule has 1 aliphatic rings. The van der Waals surface area contributed by atoms with Crippen molar-refractivity contribution in [3.63, 3.8) is 0 Å². The van der Waals surface area contributed by atoms with Gasteiger partial charge in [0, 0.05) is 29.2 Å². The second kappa shape index (κ2) is 7.91. The second-order valence-electron chi connectivity index (χ2n) is 7.55. The van der Waals surface area contributed by atoms with E-state index in [-0.39, 0.29) is 0 Å². The maximum atomic E-state index is 3.55. The van der Waals surface area contributed by atoms with Gasteiger partial charge in [0.1, 0.15) is 0 Å². The molecule has 1 aromatic heterocycles. The van der Waals surface area contributed by atoms with Crippen LogP contribution in [-0.2, 0) is 0 Å². The number of hydrogen-bond acceptors (Lipinski definition) is 3. The van der Waals surface area contributed by atoms with E-state index in [1.165, 1.54) is 32.5 Å². The zero-order valence-electron chi connectivity index (χ0n) is 15.7. The van der Waals surface area contributed by atoms with Crippen molar-refractivity contribution in [3.8, 4) is 0 Å². The maximum absolute atomic E-state index is 3.55. The number of benzene rings is 2. The molecule has 3 heteroatoms. The normalized spacial score (nSPS) is 17.5. The molecule has 0 spiro atoms. The minimum atomic E-state index is 0.355. The predicted molar refractivity (Wildman–Crippen MR) is 113 cm³/mol. The van der Waals surface area contributed by atoms with Gasteiger partial charge in [-0.25, -0.2) is 0 Å². The highest BCUT2D eigenvalue weighted by Crippen LogP contribution is 2.37. The van der Waals surface area contributed by atoms with Crippen LogP contribution in [0, 0.1) is 0 Å². The largest absolute Gasteiger partial charge is 0.315 e. The number of nitrogens with one attached hydrogen (secondary N) is 1. The highest BCUT2D eigenvalue weighted by molar-refractivity contribution is 7.19. The topological polar surface area (TPSA) is 15.3 Å². The summed E-state index contributed by atoms with van der Waals surface area (Å²) in [5, 5.41) is 4.91. The lowest BCUT2D eigenvalue weighted by molar-refractivity contribution is 0.244. The summed E-state index contributed by atoms with van der Waals surface area (Å²) in [6, 6.07) is 20.8. The van der Waals surface area contributed by atoms with Crippen LogP contribution in [0.3, 0.4) is 0 Å². The third kappa shape index (κ3) is 3.71. The molecular formula is C23H28N2S. The first-order chi connectivity index (χ1) is 12.7. The van der Waals surface area contributed by atoms with Crippen molar-refractivity contribution in [1.82, 2.24) is 10.2 Å². The molecule has 1 aliphatic heterocycles. The van der Waals surface area contributed by atoms with Gasteiger partial charge in [-0.1, -0.05) is 56.3 Å². The Morgan fingerprint density at radius 3 is 2.46 bits per heavy atom. The molecule has 26 heavy (non-hydrogen) atoms. The second-order valence-corrected chi connectivity index (χ2v) is 8.67. The quantitative estimate of drug-likeness (QED) is 0.666. The molecule has 1 saturated heterocycles. The van der Waals surface area contributed by atoms with Crippen LogP contribution in [-0.4, -0.2) is 31.1 Å². The van der Waals surface area contributed by atoms with Gasteiger partial charge in [0.05, 0.1) is 6.04 Å². The Morgan fingerprint density at radius 2 is 1.69 bits per heavy atom. The van der Waals surface area contributed by atoms with Crippen molar-refractivity contribution in [2.75, 3.05) is 26.2 Å². The van der Waals surface area contributed by atoms with Crippen LogP contribution in [0.2, 0.25) is 0 Å². The fourth-order valence-electron chi connectivity index (χ4n) is 3.88. The minimum Gasteiger partial charge on any atom is -0.315 e. The Bertz CT molecular complexity index is 809. The van der Waals surface area contributed by atoms with Crippen molar-refractivity contribution in [1.29, 1.82) is 0 Å². The van der Waals surface area contributed by atoms with Gasteiger partial charge in [-0.2, -0.15) is 0 Å². The lowest BCUT2D eigenvalue weighted by atomic mass is 9.97. The van der Waals surface area contributed by atoms with E-state index in [0.29, 0.717) is 12.0 Å². The summed E-state index contributed by atoms with van der Waals surface area (Å²) in [7, 11) is 0. The van der Waals surface area contributed by atoms with Gasteiger partial charge in [-0.05, 0) is 47.5 Å². The minimum absolute atomic E-state index is 0.355. The third-order valence-electron chi connectivity index (χ3n) is 5.37. The monoisotopic (exact) mass is 364 g/mol. The van der Waals surface area contributed by atoms with E-state index in [2.05, 4.69) is 78.7 Å². The lowest BCUT2D eigenvalue weighted by Crippen LogP contribution is -2.32. The van der Waals surface area contributed by atoms with Gasteiger partial charge < -0.3 is 5.32 Å². The molecule has 0 radical (unpaired) electrons. The van der Waals surface area contributed by atoms with E-state index in [1.807, 2.05) is 11.3 Å². The van der Waals surface area contributed by atoms with Crippen molar-refractivity contribution in [2.45, 2.75) is 32.2 Å². The lowest BCUT2D eigenvalue weighted by Gasteiger charge is -2.30. The summed E-state index contributed by atoms with van der Waals surface area (Å²) in [6.07, 6.45) is 1.21. The fraction of sp³-hybridized carbons (Fsp3) is 0.391. The standard InChI is InChI=1S/C23H28N2S/c1-17(2)18-8-10-19(11-9-18)23(25-14-5-12-24-13-15-25)22-16-20-6-3-4-7-21(20)26-22/h3-4,6-11,16-17,23-24H,5,12-15H2,1-2H3. The van der Waals surface area contributed by atoms with E-state index >= 15 is 0 Å². The van der Waals surface area contributed by atoms with Crippen LogP contribution in [0.15, 0.2) is 54.6 Å². The smallest absolute Gasteiger partial charge is 0.0696 e. The predicted octanol–water partition coefficient (Wildman–Crippen LogP) is 5.41. The molecule has 2 heterocycles. The number of rotatable bonds is 4. The first-order valence-electron chi connectivity index (χ1n) is 9.75. The van der Waals surface area contributed by atoms with Gasteiger partial charge in [0.25, 0.3) is 0 Å². The Kier molecular flexibility index (Phi) is 5.39. The molecule has 1 unspecified atom stereocenters. The van der Waals surface area contributed by atoms with Gasteiger partial charge in [0.15, 0.2) is 0 Å². The molecule has 136 valence electrons. The molecular weight excluding hydrogens is 336 g/mol. The van der Waals surface area contributed by atoms with Crippen LogP contribution < -0.4 is 5.32 Å². The average molecular weight is 365 g/mol. The Balaban J connectivity index is 1.75. The molecule has 1 fully saturated rings. The summed E-state index contributed by atoms with van der Waals surface area (Å²) < 4.78 is 1.39. The van der Waals surface area contributed by atoms with E-state index in [4.69, 9.17) is 0 Å². The summed E-state index contributed by atoms with van der Waals surface area (Å²) in [5.41, 5.74) is 2.84. The summed E-state index contributed by atoms with van der Waals surface area (Å²) >= 11 is 1.95. The molecule has 1 atom stereocenters. The van der Waals surface area contributed by atoms with Crippen LogP contribution >= 0.6 is 11.3 Å². The first-order valence-corrected chi connectivity index (χ1v) is 10.6. The molecule has 3 aromatic rings. The van der Waals surface area contributed by atoms with Crippen molar-refractivity contribution in [2.24, 2.45) is 0 Å². The highest BCUT2D eigenvalue weighted by Gasteiger charge is 2.25. The molecule has 4 rings (SSSR count). The summed E-state index contributed by atoms with van der Waals surface area (Å²) in [5.74, 6) is 0.578. The molecule has 1 N–H and O–H groups in total.